The van der Waals surface area contributed by atoms with Gasteiger partial charge in [-0.05, 0) is 25.7 Å². The summed E-state index contributed by atoms with van der Waals surface area (Å²) in [5, 5.41) is 0. The number of nitrogens with zero attached hydrogens (tertiary/aromatic N) is 2. The lowest BCUT2D eigenvalue weighted by molar-refractivity contribution is -0.0905. The van der Waals surface area contributed by atoms with E-state index in [2.05, 4.69) is 28.5 Å². The molecule has 0 amide bonds. The van der Waals surface area contributed by atoms with Crippen molar-refractivity contribution < 1.29 is 13.2 Å². The van der Waals surface area contributed by atoms with Gasteiger partial charge >= 0.3 is 0 Å². The van der Waals surface area contributed by atoms with Gasteiger partial charge in [-0.1, -0.05) is 13.8 Å². The average Bonchev–Trinajstić information content (AvgIpc) is 2.47. The fraction of sp³-hybridized carbons (Fsp3) is 0.692. The number of hydrogen-bond donors (Lipinski definition) is 2. The number of rotatable bonds is 5. The summed E-state index contributed by atoms with van der Waals surface area (Å²) in [5.74, 6) is 0.0519. The Balaban J connectivity index is 2.11. The molecule has 0 spiro atoms. The standard InChI is InChI=1S/C13H22N4O3S/c1-3-13(4-2)7-10(5-6-20-13)17-21(18,19)11-8-15-12(14)16-9-11/h8-10,17H,3-7H2,1-2H3,(H2,14,15,16). The average molecular weight is 314 g/mol. The van der Waals surface area contributed by atoms with E-state index in [1.54, 1.807) is 0 Å². The zero-order valence-corrected chi connectivity index (χ0v) is 13.2. The quantitative estimate of drug-likeness (QED) is 0.842. The first-order valence-corrected chi connectivity index (χ1v) is 8.63. The van der Waals surface area contributed by atoms with Gasteiger partial charge in [0.15, 0.2) is 0 Å². The Kier molecular flexibility index (Phi) is 4.80. The lowest BCUT2D eigenvalue weighted by atomic mass is 9.86. The summed E-state index contributed by atoms with van der Waals surface area (Å²) in [6.45, 7) is 4.69. The molecule has 21 heavy (non-hydrogen) atoms. The minimum atomic E-state index is -3.63. The summed E-state index contributed by atoms with van der Waals surface area (Å²) in [6.07, 6.45) is 5.51. The molecular formula is C13H22N4O3S. The second-order valence-corrected chi connectivity index (χ2v) is 7.04. The van der Waals surface area contributed by atoms with Crippen LogP contribution in [0.1, 0.15) is 39.5 Å². The van der Waals surface area contributed by atoms with Crippen LogP contribution in [0.3, 0.4) is 0 Å². The number of anilines is 1. The van der Waals surface area contributed by atoms with Crippen molar-refractivity contribution in [3.05, 3.63) is 12.4 Å². The number of nitrogens with one attached hydrogen (secondary N) is 1. The number of sulfonamides is 1. The van der Waals surface area contributed by atoms with Crippen molar-refractivity contribution in [2.75, 3.05) is 12.3 Å². The van der Waals surface area contributed by atoms with Crippen LogP contribution in [-0.2, 0) is 14.8 Å². The van der Waals surface area contributed by atoms with Crippen molar-refractivity contribution in [2.24, 2.45) is 0 Å². The predicted octanol–water partition coefficient (Wildman–Crippen LogP) is 1.07. The molecule has 0 aliphatic carbocycles. The smallest absolute Gasteiger partial charge is 0.243 e. The van der Waals surface area contributed by atoms with E-state index in [9.17, 15) is 8.42 Å². The predicted molar refractivity (Wildman–Crippen MR) is 79.1 cm³/mol. The molecule has 118 valence electrons. The van der Waals surface area contributed by atoms with Gasteiger partial charge in [0, 0.05) is 12.6 Å². The monoisotopic (exact) mass is 314 g/mol. The van der Waals surface area contributed by atoms with E-state index in [0.29, 0.717) is 19.4 Å². The maximum atomic E-state index is 12.3. The number of ether oxygens (including phenoxy) is 1. The summed E-state index contributed by atoms with van der Waals surface area (Å²) < 4.78 is 33.2. The van der Waals surface area contributed by atoms with Crippen LogP contribution in [0.2, 0.25) is 0 Å². The third-order valence-corrected chi connectivity index (χ3v) is 5.54. The topological polar surface area (TPSA) is 107 Å². The maximum Gasteiger partial charge on any atom is 0.243 e. The highest BCUT2D eigenvalue weighted by molar-refractivity contribution is 7.89. The zero-order valence-electron chi connectivity index (χ0n) is 12.4. The maximum absolute atomic E-state index is 12.3. The normalized spacial score (nSPS) is 22.1. The van der Waals surface area contributed by atoms with Crippen molar-refractivity contribution >= 4 is 16.0 Å². The van der Waals surface area contributed by atoms with Crippen LogP contribution in [-0.4, -0.2) is 36.6 Å². The zero-order chi connectivity index (χ0) is 15.5. The van der Waals surface area contributed by atoms with Gasteiger partial charge in [0.2, 0.25) is 16.0 Å². The first-order valence-electron chi connectivity index (χ1n) is 7.14. The molecule has 7 nitrogen and oxygen atoms in total. The van der Waals surface area contributed by atoms with Gasteiger partial charge in [0.05, 0.1) is 18.0 Å². The third kappa shape index (κ3) is 3.69. The number of nitrogens with two attached hydrogens (primary N) is 1. The van der Waals surface area contributed by atoms with E-state index in [0.717, 1.165) is 12.8 Å². The first kappa shape index (κ1) is 16.1. The fourth-order valence-corrected chi connectivity index (χ4v) is 3.78. The molecule has 1 aromatic heterocycles. The van der Waals surface area contributed by atoms with Gasteiger partial charge in [-0.3, -0.25) is 0 Å². The van der Waals surface area contributed by atoms with Gasteiger partial charge < -0.3 is 10.5 Å². The summed E-state index contributed by atoms with van der Waals surface area (Å²) in [7, 11) is -3.63. The van der Waals surface area contributed by atoms with Crippen LogP contribution in [0.25, 0.3) is 0 Å². The molecule has 1 aromatic rings. The second kappa shape index (κ2) is 6.25. The number of nitrogen functional groups attached to an aromatic ring is 1. The molecule has 3 N–H and O–H groups in total. The molecule has 1 fully saturated rings. The molecular weight excluding hydrogens is 292 g/mol. The molecule has 0 radical (unpaired) electrons. The largest absolute Gasteiger partial charge is 0.375 e. The molecule has 0 aromatic carbocycles. The van der Waals surface area contributed by atoms with Crippen LogP contribution in [0, 0.1) is 0 Å². The van der Waals surface area contributed by atoms with Crippen LogP contribution >= 0.6 is 0 Å². The van der Waals surface area contributed by atoms with Crippen LogP contribution in [0.4, 0.5) is 5.95 Å². The van der Waals surface area contributed by atoms with E-state index in [-0.39, 0.29) is 22.5 Å². The Morgan fingerprint density at radius 2 is 2.00 bits per heavy atom. The van der Waals surface area contributed by atoms with Crippen molar-refractivity contribution in [3.63, 3.8) is 0 Å². The molecule has 1 aliphatic rings. The first-order chi connectivity index (χ1) is 9.91. The molecule has 1 atom stereocenters. The molecule has 2 heterocycles. The fourth-order valence-electron chi connectivity index (χ4n) is 2.62. The highest BCUT2D eigenvalue weighted by Gasteiger charge is 2.36. The van der Waals surface area contributed by atoms with E-state index in [4.69, 9.17) is 10.5 Å². The van der Waals surface area contributed by atoms with E-state index >= 15 is 0 Å². The Morgan fingerprint density at radius 3 is 2.57 bits per heavy atom. The van der Waals surface area contributed by atoms with Crippen molar-refractivity contribution in [2.45, 2.75) is 56.1 Å². The van der Waals surface area contributed by atoms with Crippen LogP contribution in [0.5, 0.6) is 0 Å². The Morgan fingerprint density at radius 1 is 1.38 bits per heavy atom. The second-order valence-electron chi connectivity index (χ2n) is 5.33. The lowest BCUT2D eigenvalue weighted by Crippen LogP contribution is -2.48. The summed E-state index contributed by atoms with van der Waals surface area (Å²) >= 11 is 0. The number of aromatic nitrogens is 2. The molecule has 8 heteroatoms. The molecule has 0 saturated carbocycles. The number of hydrogen-bond acceptors (Lipinski definition) is 6. The molecule has 1 aliphatic heterocycles. The Hall–Kier alpha value is -1.25. The van der Waals surface area contributed by atoms with Crippen LogP contribution in [0.15, 0.2) is 17.3 Å². The SMILES string of the molecule is CCC1(CC)CC(NS(=O)(=O)c2cnc(N)nc2)CCO1. The van der Waals surface area contributed by atoms with Crippen molar-refractivity contribution in [3.8, 4) is 0 Å². The molecule has 1 unspecified atom stereocenters. The van der Waals surface area contributed by atoms with E-state index in [1.165, 1.54) is 12.4 Å². The van der Waals surface area contributed by atoms with Gasteiger partial charge in [-0.25, -0.2) is 23.1 Å². The summed E-state index contributed by atoms with van der Waals surface area (Å²) in [5.41, 5.74) is 5.14. The highest BCUT2D eigenvalue weighted by atomic mass is 32.2. The van der Waals surface area contributed by atoms with Gasteiger partial charge in [0.25, 0.3) is 0 Å². The van der Waals surface area contributed by atoms with Gasteiger partial charge in [0.1, 0.15) is 4.90 Å². The van der Waals surface area contributed by atoms with Crippen molar-refractivity contribution in [1.29, 1.82) is 0 Å². The highest BCUT2D eigenvalue weighted by Crippen LogP contribution is 2.31. The molecule has 1 saturated heterocycles. The van der Waals surface area contributed by atoms with Crippen LogP contribution < -0.4 is 10.5 Å². The third-order valence-electron chi connectivity index (χ3n) is 4.06. The Labute approximate surface area is 125 Å². The minimum absolute atomic E-state index is 0.0294. The van der Waals surface area contributed by atoms with Crippen molar-refractivity contribution in [1.82, 2.24) is 14.7 Å². The Bertz CT molecular complexity index is 570. The van der Waals surface area contributed by atoms with Gasteiger partial charge in [-0.2, -0.15) is 0 Å². The van der Waals surface area contributed by atoms with E-state index < -0.39 is 10.0 Å². The molecule has 0 bridgehead atoms. The summed E-state index contributed by atoms with van der Waals surface area (Å²) in [6, 6.07) is -0.138. The van der Waals surface area contributed by atoms with E-state index in [1.807, 2.05) is 0 Å². The lowest BCUT2D eigenvalue weighted by Gasteiger charge is -2.40. The summed E-state index contributed by atoms with van der Waals surface area (Å²) in [4.78, 5) is 7.47. The molecule has 2 rings (SSSR count). The van der Waals surface area contributed by atoms with Gasteiger partial charge in [-0.15, -0.1) is 0 Å². The minimum Gasteiger partial charge on any atom is -0.375 e.